The zero-order chi connectivity index (χ0) is 29.8. The summed E-state index contributed by atoms with van der Waals surface area (Å²) in [6.45, 7) is 8.27. The molecule has 1 unspecified atom stereocenters. The lowest BCUT2D eigenvalue weighted by molar-refractivity contribution is -0.133. The number of thiophene rings is 1. The third-order valence-corrected chi connectivity index (χ3v) is 8.24. The average Bonchev–Trinajstić information content (AvgIpc) is 3.70. The van der Waals surface area contributed by atoms with E-state index in [4.69, 9.17) is 9.84 Å². The van der Waals surface area contributed by atoms with Gasteiger partial charge in [-0.25, -0.2) is 18.4 Å². The molecule has 1 aliphatic rings. The molecule has 1 fully saturated rings. The molecule has 0 aliphatic carbocycles. The number of fused-ring (bicyclic) bond motifs is 1. The first kappa shape index (κ1) is 30.2. The van der Waals surface area contributed by atoms with Crippen LogP contribution >= 0.6 is 11.3 Å². The van der Waals surface area contributed by atoms with Crippen molar-refractivity contribution in [3.8, 4) is 10.8 Å². The number of aliphatic hydroxyl groups is 1. The molecule has 4 heterocycles. The Morgan fingerprint density at radius 2 is 1.88 bits per heavy atom. The van der Waals surface area contributed by atoms with Crippen LogP contribution < -0.4 is 16.0 Å². The maximum Gasteiger partial charge on any atom is 0.332 e. The van der Waals surface area contributed by atoms with E-state index in [2.05, 4.69) is 5.10 Å². The summed E-state index contributed by atoms with van der Waals surface area (Å²) in [6.07, 6.45) is 5.35. The lowest BCUT2D eigenvalue weighted by Crippen LogP contribution is -2.46. The fourth-order valence-electron chi connectivity index (χ4n) is 4.99. The molecule has 0 saturated carbocycles. The lowest BCUT2D eigenvalue weighted by Gasteiger charge is -2.22. The number of hydrogen-bond acceptors (Lipinski definition) is 7. The van der Waals surface area contributed by atoms with Crippen LogP contribution in [0.2, 0.25) is 0 Å². The topological polar surface area (TPSA) is 112 Å². The number of amides is 1. The third-order valence-electron chi connectivity index (χ3n) is 6.94. The van der Waals surface area contributed by atoms with E-state index < -0.39 is 23.1 Å². The summed E-state index contributed by atoms with van der Waals surface area (Å²) < 4.78 is 23.6. The van der Waals surface area contributed by atoms with Gasteiger partial charge in [0.2, 0.25) is 5.91 Å². The molecule has 1 amide bonds. The molecule has 12 heteroatoms. The van der Waals surface area contributed by atoms with Crippen LogP contribution in [0, 0.1) is 12.7 Å². The SMILES string of the molecule is CC(C)O.COc1ccc(F)cc1CCn1c(=O)n(C(C)C(=O)N2CCCC2)c(=O)c2c(C)c(-n3cccn3)sc21. The van der Waals surface area contributed by atoms with E-state index in [1.54, 1.807) is 54.9 Å². The van der Waals surface area contributed by atoms with Crippen LogP contribution in [0.25, 0.3) is 15.2 Å². The van der Waals surface area contributed by atoms with Crippen molar-refractivity contribution < 1.29 is 19.0 Å². The van der Waals surface area contributed by atoms with E-state index in [0.717, 1.165) is 17.4 Å². The fraction of sp³-hybridized carbons (Fsp3) is 0.448. The molecule has 41 heavy (non-hydrogen) atoms. The minimum absolute atomic E-state index is 0.165. The number of likely N-dealkylation sites (tertiary alicyclic amines) is 1. The molecule has 1 aromatic carbocycles. The number of methoxy groups -OCH3 is 1. The van der Waals surface area contributed by atoms with Crippen molar-refractivity contribution >= 4 is 27.5 Å². The molecule has 3 aromatic heterocycles. The largest absolute Gasteiger partial charge is 0.496 e. The lowest BCUT2D eigenvalue weighted by atomic mass is 10.1. The molecule has 1 saturated heterocycles. The fourth-order valence-corrected chi connectivity index (χ4v) is 6.25. The van der Waals surface area contributed by atoms with Crippen LogP contribution in [-0.2, 0) is 17.8 Å². The van der Waals surface area contributed by atoms with Gasteiger partial charge in [-0.3, -0.25) is 14.2 Å². The molecule has 1 atom stereocenters. The number of benzene rings is 1. The van der Waals surface area contributed by atoms with Gasteiger partial charge in [-0.2, -0.15) is 5.10 Å². The number of aromatic nitrogens is 4. The molecular weight excluding hydrogens is 549 g/mol. The summed E-state index contributed by atoms with van der Waals surface area (Å²) in [7, 11) is 1.51. The van der Waals surface area contributed by atoms with Crippen molar-refractivity contribution in [1.82, 2.24) is 23.8 Å². The summed E-state index contributed by atoms with van der Waals surface area (Å²) in [4.78, 5) is 43.0. The average molecular weight is 586 g/mol. The third kappa shape index (κ3) is 6.28. The minimum Gasteiger partial charge on any atom is -0.496 e. The predicted octanol–water partition coefficient (Wildman–Crippen LogP) is 3.68. The number of hydrogen-bond donors (Lipinski definition) is 1. The van der Waals surface area contributed by atoms with E-state index in [0.29, 0.717) is 45.2 Å². The predicted molar refractivity (Wildman–Crippen MR) is 157 cm³/mol. The van der Waals surface area contributed by atoms with Crippen molar-refractivity contribution in [2.45, 2.75) is 65.6 Å². The van der Waals surface area contributed by atoms with Gasteiger partial charge in [-0.05, 0) is 76.8 Å². The number of rotatable bonds is 7. The number of nitrogens with zero attached hydrogens (tertiary/aromatic N) is 5. The molecule has 1 aliphatic heterocycles. The molecule has 5 rings (SSSR count). The van der Waals surface area contributed by atoms with E-state index in [1.165, 1.54) is 35.1 Å². The summed E-state index contributed by atoms with van der Waals surface area (Å²) in [5.41, 5.74) is 0.218. The van der Waals surface area contributed by atoms with Gasteiger partial charge in [-0.15, -0.1) is 0 Å². The number of aryl methyl sites for hydroxylation is 3. The summed E-state index contributed by atoms with van der Waals surface area (Å²) in [5, 5.41) is 13.4. The normalized spacial score (nSPS) is 13.9. The Labute approximate surface area is 241 Å². The Balaban J connectivity index is 0.000000909. The zero-order valence-electron chi connectivity index (χ0n) is 24.0. The van der Waals surface area contributed by atoms with Crippen molar-refractivity contribution in [2.24, 2.45) is 0 Å². The first-order valence-corrected chi connectivity index (χ1v) is 14.4. The van der Waals surface area contributed by atoms with Crippen LogP contribution in [0.4, 0.5) is 4.39 Å². The second kappa shape index (κ2) is 12.8. The van der Waals surface area contributed by atoms with Gasteiger partial charge in [0.1, 0.15) is 27.4 Å². The number of halogens is 1. The van der Waals surface area contributed by atoms with E-state index in [9.17, 15) is 18.8 Å². The Hall–Kier alpha value is -3.77. The monoisotopic (exact) mass is 585 g/mol. The highest BCUT2D eigenvalue weighted by Gasteiger charge is 2.29. The van der Waals surface area contributed by atoms with Gasteiger partial charge < -0.3 is 14.7 Å². The van der Waals surface area contributed by atoms with Crippen LogP contribution in [-0.4, -0.2) is 61.1 Å². The first-order valence-electron chi connectivity index (χ1n) is 13.6. The molecular formula is C29H36FN5O5S. The van der Waals surface area contributed by atoms with Crippen molar-refractivity contribution in [1.29, 1.82) is 0 Å². The maximum atomic E-state index is 14.0. The summed E-state index contributed by atoms with van der Waals surface area (Å²) in [6, 6.07) is 5.07. The smallest absolute Gasteiger partial charge is 0.332 e. The molecule has 1 N–H and O–H groups in total. The number of carbonyl (C=O) groups excluding carboxylic acids is 1. The van der Waals surface area contributed by atoms with Gasteiger partial charge in [0.05, 0.1) is 12.5 Å². The van der Waals surface area contributed by atoms with Gasteiger partial charge >= 0.3 is 5.69 Å². The Kier molecular flexibility index (Phi) is 9.44. The van der Waals surface area contributed by atoms with Crippen LogP contribution in [0.15, 0.2) is 46.2 Å². The number of aliphatic hydroxyl groups excluding tert-OH is 1. The van der Waals surface area contributed by atoms with E-state index >= 15 is 0 Å². The number of carbonyl (C=O) groups is 1. The van der Waals surface area contributed by atoms with Gasteiger partial charge in [-0.1, -0.05) is 11.3 Å². The molecule has 0 bridgehead atoms. The quantitative estimate of drug-likeness (QED) is 0.354. The number of ether oxygens (including phenoxy) is 1. The van der Waals surface area contributed by atoms with E-state index in [1.807, 2.05) is 6.92 Å². The Morgan fingerprint density at radius 3 is 2.49 bits per heavy atom. The van der Waals surface area contributed by atoms with Gasteiger partial charge in [0, 0.05) is 43.7 Å². The van der Waals surface area contributed by atoms with Crippen LogP contribution in [0.5, 0.6) is 5.75 Å². The molecule has 10 nitrogen and oxygen atoms in total. The maximum absolute atomic E-state index is 14.0. The standard InChI is InChI=1S/C26H28FN5O4S.C3H8O/c1-16-21-23(34)32(17(2)22(33)29-11-4-5-12-29)26(35)30(25(21)37-24(16)31-13-6-10-28-31)14-9-18-15-19(27)7-8-20(18)36-3;1-3(2)4/h6-8,10,13,15,17H,4-5,9,11-12,14H2,1-3H3;3-4H,1-2H3. The van der Waals surface area contributed by atoms with E-state index in [-0.39, 0.29) is 25.0 Å². The molecule has 0 radical (unpaired) electrons. The van der Waals surface area contributed by atoms with Crippen LogP contribution in [0.3, 0.4) is 0 Å². The second-order valence-electron chi connectivity index (χ2n) is 10.3. The Bertz CT molecular complexity index is 1630. The highest BCUT2D eigenvalue weighted by molar-refractivity contribution is 7.21. The van der Waals surface area contributed by atoms with Crippen molar-refractivity contribution in [3.63, 3.8) is 0 Å². The highest BCUT2D eigenvalue weighted by atomic mass is 32.1. The van der Waals surface area contributed by atoms with Crippen molar-refractivity contribution in [3.05, 3.63) is 74.4 Å². The van der Waals surface area contributed by atoms with Gasteiger partial charge in [0.25, 0.3) is 5.56 Å². The summed E-state index contributed by atoms with van der Waals surface area (Å²) >= 11 is 1.29. The second-order valence-corrected chi connectivity index (χ2v) is 11.3. The van der Waals surface area contributed by atoms with Crippen LogP contribution in [0.1, 0.15) is 50.8 Å². The molecule has 220 valence electrons. The summed E-state index contributed by atoms with van der Waals surface area (Å²) in [5.74, 6) is -0.137. The minimum atomic E-state index is -0.954. The molecule has 0 spiro atoms. The Morgan fingerprint density at radius 1 is 1.20 bits per heavy atom. The van der Waals surface area contributed by atoms with Crippen molar-refractivity contribution in [2.75, 3.05) is 20.2 Å². The molecule has 4 aromatic rings. The van der Waals surface area contributed by atoms with Gasteiger partial charge in [0.15, 0.2) is 0 Å². The highest BCUT2D eigenvalue weighted by Crippen LogP contribution is 2.31. The zero-order valence-corrected chi connectivity index (χ0v) is 24.8. The first-order chi connectivity index (χ1) is 19.5.